The number of para-hydroxylation sites is 1. The molecule has 30 heavy (non-hydrogen) atoms. The summed E-state index contributed by atoms with van der Waals surface area (Å²) in [6.07, 6.45) is 2.90. The van der Waals surface area contributed by atoms with Crippen molar-refractivity contribution in [1.82, 2.24) is 16.2 Å². The van der Waals surface area contributed by atoms with Crippen molar-refractivity contribution in [2.75, 3.05) is 13.7 Å². The molecule has 3 N–H and O–H groups in total. The summed E-state index contributed by atoms with van der Waals surface area (Å²) < 4.78 is 10.7. The highest BCUT2D eigenvalue weighted by atomic mass is 35.5. The van der Waals surface area contributed by atoms with Crippen molar-refractivity contribution < 1.29 is 19.1 Å². The molecule has 0 aromatic heterocycles. The van der Waals surface area contributed by atoms with Gasteiger partial charge in [-0.15, -0.1) is 0 Å². The summed E-state index contributed by atoms with van der Waals surface area (Å²) in [4.78, 5) is 23.9. The molecule has 0 unspecified atom stereocenters. The number of carbonyl (C=O) groups is 2. The molecule has 0 aliphatic carbocycles. The largest absolute Gasteiger partial charge is 0.496 e. The molecule has 0 heterocycles. The van der Waals surface area contributed by atoms with E-state index in [4.69, 9.17) is 33.3 Å². The maximum Gasteiger partial charge on any atom is 0.276 e. The molecule has 0 aliphatic heterocycles. The van der Waals surface area contributed by atoms with Gasteiger partial charge in [-0.2, -0.15) is 0 Å². The molecular formula is C21H22ClN3O4S. The van der Waals surface area contributed by atoms with Gasteiger partial charge in [-0.1, -0.05) is 29.8 Å². The Morgan fingerprint density at radius 2 is 1.80 bits per heavy atom. The van der Waals surface area contributed by atoms with Crippen LogP contribution in [0.2, 0.25) is 5.02 Å². The Balaban J connectivity index is 1.76. The fourth-order valence-corrected chi connectivity index (χ4v) is 2.72. The molecule has 158 valence electrons. The topological polar surface area (TPSA) is 88.7 Å². The summed E-state index contributed by atoms with van der Waals surface area (Å²) in [7, 11) is 1.55. The van der Waals surface area contributed by atoms with Crippen LogP contribution >= 0.6 is 23.8 Å². The van der Waals surface area contributed by atoms with Gasteiger partial charge in [0.2, 0.25) is 5.91 Å². The smallest absolute Gasteiger partial charge is 0.276 e. The van der Waals surface area contributed by atoms with E-state index in [0.29, 0.717) is 16.5 Å². The molecule has 9 heteroatoms. The van der Waals surface area contributed by atoms with E-state index in [1.54, 1.807) is 31.4 Å². The van der Waals surface area contributed by atoms with Crippen molar-refractivity contribution in [1.29, 1.82) is 0 Å². The second kappa shape index (κ2) is 11.2. The second-order valence-corrected chi connectivity index (χ2v) is 7.01. The zero-order valence-electron chi connectivity index (χ0n) is 16.7. The van der Waals surface area contributed by atoms with E-state index in [2.05, 4.69) is 16.2 Å². The summed E-state index contributed by atoms with van der Waals surface area (Å²) in [6, 6.07) is 10.7. The Morgan fingerprint density at radius 3 is 2.47 bits per heavy atom. The summed E-state index contributed by atoms with van der Waals surface area (Å²) >= 11 is 11.1. The van der Waals surface area contributed by atoms with E-state index in [0.717, 1.165) is 16.7 Å². The average Bonchev–Trinajstić information content (AvgIpc) is 2.73. The predicted octanol–water partition coefficient (Wildman–Crippen LogP) is 3.08. The molecule has 7 nitrogen and oxygen atoms in total. The molecule has 2 aromatic rings. The van der Waals surface area contributed by atoms with E-state index in [-0.39, 0.29) is 11.7 Å². The normalized spacial score (nSPS) is 10.4. The molecule has 0 radical (unpaired) electrons. The molecule has 2 aromatic carbocycles. The first-order chi connectivity index (χ1) is 14.3. The van der Waals surface area contributed by atoms with Crippen molar-refractivity contribution >= 4 is 46.8 Å². The third-order valence-corrected chi connectivity index (χ3v) is 4.69. The summed E-state index contributed by atoms with van der Waals surface area (Å²) in [5, 5.41) is 3.02. The van der Waals surface area contributed by atoms with E-state index < -0.39 is 11.8 Å². The molecular weight excluding hydrogens is 426 g/mol. The number of amides is 2. The van der Waals surface area contributed by atoms with Crippen LogP contribution in [-0.2, 0) is 9.59 Å². The van der Waals surface area contributed by atoms with Crippen LogP contribution in [0.1, 0.15) is 16.7 Å². The Morgan fingerprint density at radius 1 is 1.13 bits per heavy atom. The summed E-state index contributed by atoms with van der Waals surface area (Å²) in [5.41, 5.74) is 7.25. The first kappa shape index (κ1) is 23.2. The van der Waals surface area contributed by atoms with Gasteiger partial charge >= 0.3 is 0 Å². The van der Waals surface area contributed by atoms with Crippen LogP contribution in [0.3, 0.4) is 0 Å². The van der Waals surface area contributed by atoms with E-state index in [9.17, 15) is 9.59 Å². The molecule has 2 amide bonds. The number of benzene rings is 2. The average molecular weight is 448 g/mol. The molecule has 0 aliphatic rings. The van der Waals surface area contributed by atoms with Gasteiger partial charge in [-0.05, 0) is 61.5 Å². The van der Waals surface area contributed by atoms with Gasteiger partial charge < -0.3 is 9.47 Å². The van der Waals surface area contributed by atoms with Crippen molar-refractivity contribution in [3.8, 4) is 11.5 Å². The molecule has 0 fully saturated rings. The minimum absolute atomic E-state index is 0.0591. The van der Waals surface area contributed by atoms with Crippen molar-refractivity contribution in [2.24, 2.45) is 0 Å². The number of thiocarbonyl (C=S) groups is 1. The fraction of sp³-hybridized carbons (Fsp3) is 0.190. The molecule has 0 bridgehead atoms. The van der Waals surface area contributed by atoms with Gasteiger partial charge in [-0.3, -0.25) is 25.8 Å². The lowest BCUT2D eigenvalue weighted by molar-refractivity contribution is -0.123. The third kappa shape index (κ3) is 7.06. The highest BCUT2D eigenvalue weighted by Crippen LogP contribution is 2.25. The Bertz CT molecular complexity index is 955. The first-order valence-electron chi connectivity index (χ1n) is 8.90. The van der Waals surface area contributed by atoms with Crippen molar-refractivity contribution in [2.45, 2.75) is 13.8 Å². The zero-order valence-corrected chi connectivity index (χ0v) is 18.3. The first-order valence-corrected chi connectivity index (χ1v) is 9.69. The number of ether oxygens (including phenoxy) is 2. The molecule has 0 saturated carbocycles. The van der Waals surface area contributed by atoms with Gasteiger partial charge in [-0.25, -0.2) is 0 Å². The summed E-state index contributed by atoms with van der Waals surface area (Å²) in [5.74, 6) is 0.236. The van der Waals surface area contributed by atoms with Gasteiger partial charge in [0.25, 0.3) is 5.91 Å². The minimum Gasteiger partial charge on any atom is -0.496 e. The van der Waals surface area contributed by atoms with Gasteiger partial charge in [0.05, 0.1) is 7.11 Å². The fourth-order valence-electron chi connectivity index (χ4n) is 2.46. The van der Waals surface area contributed by atoms with Crippen LogP contribution in [0.5, 0.6) is 11.5 Å². The van der Waals surface area contributed by atoms with Crippen LogP contribution in [0.15, 0.2) is 42.5 Å². The predicted molar refractivity (Wildman–Crippen MR) is 120 cm³/mol. The third-order valence-electron chi connectivity index (χ3n) is 3.89. The standard InChI is InChI=1S/C21H22ClN3O4S/c1-13-10-16(11-14(2)20(13)22)29-12-19(27)24-25-21(30)23-18(26)9-8-15-6-4-5-7-17(15)28-3/h4-11H,12H2,1-3H3,(H,24,27)(H2,23,25,26,30). The number of hydrogen-bond donors (Lipinski definition) is 3. The minimum atomic E-state index is -0.471. The van der Waals surface area contributed by atoms with Crippen molar-refractivity contribution in [3.05, 3.63) is 64.2 Å². The van der Waals surface area contributed by atoms with Gasteiger partial charge in [0.1, 0.15) is 11.5 Å². The molecule has 2 rings (SSSR count). The monoisotopic (exact) mass is 447 g/mol. The quantitative estimate of drug-likeness (QED) is 0.358. The van der Waals surface area contributed by atoms with Gasteiger partial charge in [0, 0.05) is 16.7 Å². The van der Waals surface area contributed by atoms with Crippen LogP contribution in [0.25, 0.3) is 6.08 Å². The van der Waals surface area contributed by atoms with E-state index >= 15 is 0 Å². The van der Waals surface area contributed by atoms with Crippen LogP contribution in [0.4, 0.5) is 0 Å². The number of rotatable bonds is 6. The number of halogens is 1. The lowest BCUT2D eigenvalue weighted by atomic mass is 10.1. The maximum atomic E-state index is 12.0. The number of carbonyl (C=O) groups excluding carboxylic acids is 2. The second-order valence-electron chi connectivity index (χ2n) is 6.23. The highest BCUT2D eigenvalue weighted by molar-refractivity contribution is 7.80. The van der Waals surface area contributed by atoms with Gasteiger partial charge in [0.15, 0.2) is 11.7 Å². The molecule has 0 atom stereocenters. The Hall–Kier alpha value is -3.10. The van der Waals surface area contributed by atoms with Crippen LogP contribution in [0, 0.1) is 13.8 Å². The lowest BCUT2D eigenvalue weighted by Crippen LogP contribution is -2.49. The Labute approximate surface area is 185 Å². The van der Waals surface area contributed by atoms with E-state index in [1.165, 1.54) is 6.08 Å². The maximum absolute atomic E-state index is 12.0. The molecule has 0 spiro atoms. The highest BCUT2D eigenvalue weighted by Gasteiger charge is 2.08. The van der Waals surface area contributed by atoms with Crippen molar-refractivity contribution in [3.63, 3.8) is 0 Å². The lowest BCUT2D eigenvalue weighted by Gasteiger charge is -2.12. The number of hydrazine groups is 1. The number of nitrogens with one attached hydrogen (secondary N) is 3. The summed E-state index contributed by atoms with van der Waals surface area (Å²) in [6.45, 7) is 3.47. The SMILES string of the molecule is COc1ccccc1C=CC(=O)NC(=S)NNC(=O)COc1cc(C)c(Cl)c(C)c1. The Kier molecular flexibility index (Phi) is 8.64. The van der Waals surface area contributed by atoms with E-state index in [1.807, 2.05) is 32.0 Å². The number of methoxy groups -OCH3 is 1. The number of aryl methyl sites for hydroxylation is 2. The molecule has 0 saturated heterocycles. The van der Waals surface area contributed by atoms with Crippen LogP contribution < -0.4 is 25.6 Å². The van der Waals surface area contributed by atoms with Crippen LogP contribution in [-0.4, -0.2) is 30.6 Å². The number of hydrogen-bond acceptors (Lipinski definition) is 5. The zero-order chi connectivity index (χ0) is 22.1.